The summed E-state index contributed by atoms with van der Waals surface area (Å²) in [7, 11) is 1.99. The van der Waals surface area contributed by atoms with Crippen molar-refractivity contribution in [2.45, 2.75) is 51.6 Å². The normalized spacial score (nSPS) is 15.4. The molecule has 1 aliphatic carbocycles. The molecular formula is C17H26N2O. The number of rotatable bonds is 5. The van der Waals surface area contributed by atoms with Crippen molar-refractivity contribution >= 4 is 5.91 Å². The molecule has 0 atom stereocenters. The van der Waals surface area contributed by atoms with Crippen molar-refractivity contribution in [3.05, 3.63) is 35.4 Å². The van der Waals surface area contributed by atoms with Crippen LogP contribution in [0.3, 0.4) is 0 Å². The van der Waals surface area contributed by atoms with E-state index < -0.39 is 0 Å². The molecule has 1 amide bonds. The van der Waals surface area contributed by atoms with E-state index in [0.717, 1.165) is 19.4 Å². The number of hydrogen-bond donors (Lipinski definition) is 1. The van der Waals surface area contributed by atoms with E-state index in [9.17, 15) is 4.79 Å². The Morgan fingerprint density at radius 3 is 2.35 bits per heavy atom. The predicted molar refractivity (Wildman–Crippen MR) is 82.6 cm³/mol. The topological polar surface area (TPSA) is 32.3 Å². The molecule has 3 nitrogen and oxygen atoms in total. The summed E-state index contributed by atoms with van der Waals surface area (Å²) in [6, 6.07) is 9.15. The highest BCUT2D eigenvalue weighted by atomic mass is 16.2. The number of nitrogens with one attached hydrogen (secondary N) is 1. The smallest absolute Gasteiger partial charge is 0.234 e. The summed E-state index contributed by atoms with van der Waals surface area (Å²) < 4.78 is 0. The summed E-state index contributed by atoms with van der Waals surface area (Å²) in [5.74, 6) is 0.140. The van der Waals surface area contributed by atoms with Gasteiger partial charge in [0.25, 0.3) is 0 Å². The maximum absolute atomic E-state index is 11.7. The first kappa shape index (κ1) is 15.0. The van der Waals surface area contributed by atoms with E-state index >= 15 is 0 Å². The van der Waals surface area contributed by atoms with Crippen LogP contribution in [0.15, 0.2) is 24.3 Å². The van der Waals surface area contributed by atoms with Gasteiger partial charge in [-0.1, -0.05) is 45.0 Å². The van der Waals surface area contributed by atoms with Gasteiger partial charge in [-0.3, -0.25) is 9.69 Å². The molecule has 0 aromatic heterocycles. The summed E-state index contributed by atoms with van der Waals surface area (Å²) in [6.07, 6.45) is 2.29. The lowest BCUT2D eigenvalue weighted by molar-refractivity contribution is -0.122. The number of carbonyl (C=O) groups is 1. The van der Waals surface area contributed by atoms with Crippen LogP contribution in [0.25, 0.3) is 0 Å². The molecule has 2 rings (SSSR count). The molecule has 0 saturated heterocycles. The van der Waals surface area contributed by atoms with Crippen molar-refractivity contribution in [2.24, 2.45) is 0 Å². The zero-order valence-electron chi connectivity index (χ0n) is 13.1. The third-order valence-electron chi connectivity index (χ3n) is 3.63. The molecule has 1 N–H and O–H groups in total. The summed E-state index contributed by atoms with van der Waals surface area (Å²) in [6.45, 7) is 7.93. The first-order chi connectivity index (χ1) is 9.34. The Balaban J connectivity index is 1.84. The van der Waals surface area contributed by atoms with E-state index in [1.54, 1.807) is 0 Å². The number of benzene rings is 1. The van der Waals surface area contributed by atoms with E-state index in [4.69, 9.17) is 0 Å². The van der Waals surface area contributed by atoms with Gasteiger partial charge in [0.1, 0.15) is 0 Å². The Morgan fingerprint density at radius 2 is 1.85 bits per heavy atom. The molecule has 1 saturated carbocycles. The highest BCUT2D eigenvalue weighted by molar-refractivity contribution is 5.78. The first-order valence-electron chi connectivity index (χ1n) is 7.42. The lowest BCUT2D eigenvalue weighted by atomic mass is 9.87. The Bertz CT molecular complexity index is 455. The van der Waals surface area contributed by atoms with E-state index in [1.165, 1.54) is 11.1 Å². The molecule has 1 aromatic rings. The lowest BCUT2D eigenvalue weighted by Crippen LogP contribution is -2.35. The molecule has 1 fully saturated rings. The minimum absolute atomic E-state index is 0.140. The Morgan fingerprint density at radius 1 is 1.25 bits per heavy atom. The predicted octanol–water partition coefficient (Wildman–Crippen LogP) is 2.69. The fourth-order valence-electron chi connectivity index (χ4n) is 2.22. The number of nitrogens with zero attached hydrogens (tertiary/aromatic N) is 1. The quantitative estimate of drug-likeness (QED) is 0.895. The molecule has 110 valence electrons. The van der Waals surface area contributed by atoms with Crippen molar-refractivity contribution in [1.82, 2.24) is 10.2 Å². The van der Waals surface area contributed by atoms with Gasteiger partial charge in [-0.25, -0.2) is 0 Å². The summed E-state index contributed by atoms with van der Waals surface area (Å²) >= 11 is 0. The molecule has 1 aliphatic rings. The Kier molecular flexibility index (Phi) is 4.48. The van der Waals surface area contributed by atoms with E-state index in [-0.39, 0.29) is 11.3 Å². The maximum atomic E-state index is 11.7. The van der Waals surface area contributed by atoms with Crippen LogP contribution in [0.2, 0.25) is 0 Å². The largest absolute Gasteiger partial charge is 0.352 e. The van der Waals surface area contributed by atoms with Crippen LogP contribution in [-0.2, 0) is 16.8 Å². The molecule has 0 radical (unpaired) electrons. The Hall–Kier alpha value is -1.35. The average Bonchev–Trinajstić information content (AvgIpc) is 3.11. The second-order valence-electron chi connectivity index (χ2n) is 6.96. The maximum Gasteiger partial charge on any atom is 0.234 e. The number of hydrogen-bond acceptors (Lipinski definition) is 2. The standard InChI is InChI=1S/C17H26N2O/c1-17(2,3)14-7-5-13(6-8-14)11-19(4)12-16(20)18-15-9-10-15/h5-8,15H,9-12H2,1-4H3,(H,18,20). The molecule has 0 unspecified atom stereocenters. The van der Waals surface area contributed by atoms with Crippen LogP contribution in [0.1, 0.15) is 44.7 Å². The van der Waals surface area contributed by atoms with E-state index in [2.05, 4.69) is 55.3 Å². The molecule has 20 heavy (non-hydrogen) atoms. The molecule has 0 bridgehead atoms. The third kappa shape index (κ3) is 4.64. The second kappa shape index (κ2) is 5.96. The van der Waals surface area contributed by atoms with Gasteiger partial charge in [0, 0.05) is 12.6 Å². The molecule has 0 heterocycles. The molecule has 0 aliphatic heterocycles. The van der Waals surface area contributed by atoms with Crippen molar-refractivity contribution in [2.75, 3.05) is 13.6 Å². The van der Waals surface area contributed by atoms with Gasteiger partial charge < -0.3 is 5.32 Å². The number of amides is 1. The first-order valence-corrected chi connectivity index (χ1v) is 7.42. The fraction of sp³-hybridized carbons (Fsp3) is 0.588. The second-order valence-corrected chi connectivity index (χ2v) is 6.96. The van der Waals surface area contributed by atoms with Crippen molar-refractivity contribution < 1.29 is 4.79 Å². The van der Waals surface area contributed by atoms with E-state index in [1.807, 2.05) is 7.05 Å². The van der Waals surface area contributed by atoms with Crippen LogP contribution in [-0.4, -0.2) is 30.4 Å². The lowest BCUT2D eigenvalue weighted by Gasteiger charge is -2.20. The van der Waals surface area contributed by atoms with Gasteiger partial charge in [0.15, 0.2) is 0 Å². The highest BCUT2D eigenvalue weighted by Gasteiger charge is 2.23. The van der Waals surface area contributed by atoms with Crippen molar-refractivity contribution in [1.29, 1.82) is 0 Å². The number of carbonyl (C=O) groups excluding carboxylic acids is 1. The summed E-state index contributed by atoms with van der Waals surface area (Å²) in [4.78, 5) is 13.8. The number of likely N-dealkylation sites (N-methyl/N-ethyl adjacent to an activating group) is 1. The van der Waals surface area contributed by atoms with Gasteiger partial charge in [-0.15, -0.1) is 0 Å². The van der Waals surface area contributed by atoms with E-state index in [0.29, 0.717) is 12.6 Å². The van der Waals surface area contributed by atoms with Gasteiger partial charge in [0.2, 0.25) is 5.91 Å². The summed E-state index contributed by atoms with van der Waals surface area (Å²) in [5.41, 5.74) is 2.78. The molecule has 1 aromatic carbocycles. The zero-order chi connectivity index (χ0) is 14.8. The van der Waals surface area contributed by atoms with Crippen molar-refractivity contribution in [3.63, 3.8) is 0 Å². The van der Waals surface area contributed by atoms with Gasteiger partial charge >= 0.3 is 0 Å². The van der Waals surface area contributed by atoms with Crippen LogP contribution in [0, 0.1) is 0 Å². The fourth-order valence-corrected chi connectivity index (χ4v) is 2.22. The van der Waals surface area contributed by atoms with Crippen LogP contribution < -0.4 is 5.32 Å². The van der Waals surface area contributed by atoms with Gasteiger partial charge in [0.05, 0.1) is 6.54 Å². The van der Waals surface area contributed by atoms with Crippen LogP contribution >= 0.6 is 0 Å². The van der Waals surface area contributed by atoms with Gasteiger partial charge in [-0.2, -0.15) is 0 Å². The van der Waals surface area contributed by atoms with Crippen LogP contribution in [0.4, 0.5) is 0 Å². The van der Waals surface area contributed by atoms with Gasteiger partial charge in [-0.05, 0) is 36.4 Å². The van der Waals surface area contributed by atoms with Crippen molar-refractivity contribution in [3.8, 4) is 0 Å². The monoisotopic (exact) mass is 274 g/mol. The SMILES string of the molecule is CN(CC(=O)NC1CC1)Cc1ccc(C(C)(C)C)cc1. The molecular weight excluding hydrogens is 248 g/mol. The summed E-state index contributed by atoms with van der Waals surface area (Å²) in [5, 5.41) is 3.02. The zero-order valence-corrected chi connectivity index (χ0v) is 13.1. The minimum atomic E-state index is 0.140. The minimum Gasteiger partial charge on any atom is -0.352 e. The molecule has 0 spiro atoms. The van der Waals surface area contributed by atoms with Crippen LogP contribution in [0.5, 0.6) is 0 Å². The highest BCUT2D eigenvalue weighted by Crippen LogP contribution is 2.22. The average molecular weight is 274 g/mol. The third-order valence-corrected chi connectivity index (χ3v) is 3.63. The molecule has 3 heteroatoms. The Labute approximate surface area is 122 Å².